The molecule has 0 spiro atoms. The van der Waals surface area contributed by atoms with Crippen LogP contribution < -0.4 is 20.1 Å². The summed E-state index contributed by atoms with van der Waals surface area (Å²) in [6.07, 6.45) is 6.94. The summed E-state index contributed by atoms with van der Waals surface area (Å²) in [7, 11) is -3.14. The van der Waals surface area contributed by atoms with Crippen molar-refractivity contribution in [1.29, 1.82) is 0 Å². The normalized spacial score (nSPS) is 16.5. The maximum Gasteiger partial charge on any atom is 0.219 e. The summed E-state index contributed by atoms with van der Waals surface area (Å²) in [5, 5.41) is 4.78. The van der Waals surface area contributed by atoms with Crippen LogP contribution >= 0.6 is 0 Å². The summed E-state index contributed by atoms with van der Waals surface area (Å²) >= 11 is 0. The first-order chi connectivity index (χ1) is 25.3. The van der Waals surface area contributed by atoms with Gasteiger partial charge in [-0.1, -0.05) is 6.07 Å². The number of benzene rings is 2. The predicted octanol–water partition coefficient (Wildman–Crippen LogP) is 6.21. The van der Waals surface area contributed by atoms with E-state index < -0.39 is 27.2 Å². The lowest BCUT2D eigenvalue weighted by molar-refractivity contribution is 0.0846. The number of halogens is 2. The van der Waals surface area contributed by atoms with E-state index in [1.807, 2.05) is 12.1 Å². The Bertz CT molecular complexity index is 2250. The first kappa shape index (κ1) is 36.3. The number of anilines is 2. The highest BCUT2D eigenvalue weighted by atomic mass is 32.2. The second kappa shape index (κ2) is 14.4. The van der Waals surface area contributed by atoms with Gasteiger partial charge in [0.05, 0.1) is 40.3 Å². The number of sulfone groups is 1. The molecule has 2 aliphatic rings. The third-order valence-electron chi connectivity index (χ3n) is 10.3. The number of nitrogens with two attached hydrogens (primary N) is 1. The number of pyridine rings is 1. The van der Waals surface area contributed by atoms with Gasteiger partial charge in [-0.05, 0) is 82.3 Å². The molecule has 5 heterocycles. The van der Waals surface area contributed by atoms with Crippen LogP contribution in [0.2, 0.25) is 0 Å². The summed E-state index contributed by atoms with van der Waals surface area (Å²) in [5.74, 6) is -1.90. The molecule has 15 heteroatoms. The molecule has 2 fully saturated rings. The number of nitrogen functional groups attached to an aromatic ring is 1. The number of aromatic nitrogens is 4. The molecule has 3 aromatic heterocycles. The van der Waals surface area contributed by atoms with Gasteiger partial charge >= 0.3 is 0 Å². The van der Waals surface area contributed by atoms with E-state index in [0.717, 1.165) is 54.7 Å². The van der Waals surface area contributed by atoms with Gasteiger partial charge < -0.3 is 30.0 Å². The van der Waals surface area contributed by atoms with Gasteiger partial charge in [0.2, 0.25) is 17.4 Å². The largest absolute Gasteiger partial charge is 0.488 e. The van der Waals surface area contributed by atoms with Crippen molar-refractivity contribution >= 4 is 38.0 Å². The second-order valence-electron chi connectivity index (χ2n) is 14.2. The summed E-state index contributed by atoms with van der Waals surface area (Å²) in [6.45, 7) is 9.14. The molecule has 12 nitrogen and oxygen atoms in total. The van der Waals surface area contributed by atoms with E-state index in [9.17, 15) is 22.0 Å². The van der Waals surface area contributed by atoms with Crippen molar-refractivity contribution in [2.45, 2.75) is 63.9 Å². The minimum absolute atomic E-state index is 0.0275. The highest BCUT2D eigenvalue weighted by molar-refractivity contribution is 7.91. The van der Waals surface area contributed by atoms with Gasteiger partial charge in [0.1, 0.15) is 27.5 Å². The van der Waals surface area contributed by atoms with E-state index in [1.165, 1.54) is 35.5 Å². The van der Waals surface area contributed by atoms with Crippen LogP contribution in [0, 0.1) is 18.6 Å². The molecular weight excluding hydrogens is 705 g/mol. The first-order valence-corrected chi connectivity index (χ1v) is 19.7. The van der Waals surface area contributed by atoms with E-state index in [0.29, 0.717) is 54.7 Å². The second-order valence-corrected chi connectivity index (χ2v) is 16.5. The Hall–Kier alpha value is -5.02. The lowest BCUT2D eigenvalue weighted by atomic mass is 10.1. The Morgan fingerprint density at radius 1 is 0.981 bits per heavy atom. The van der Waals surface area contributed by atoms with E-state index in [-0.39, 0.29) is 34.4 Å². The van der Waals surface area contributed by atoms with Gasteiger partial charge in [0.15, 0.2) is 11.6 Å². The fourth-order valence-electron chi connectivity index (χ4n) is 7.18. The topological polar surface area (TPSA) is 149 Å². The molecule has 2 aromatic carbocycles. The average Bonchev–Trinajstić information content (AvgIpc) is 3.72. The molecule has 0 atom stereocenters. The number of nitrogens with zero attached hydrogens (tertiary/aromatic N) is 5. The monoisotopic (exact) mass is 747 g/mol. The molecule has 7 rings (SSSR count). The van der Waals surface area contributed by atoms with Crippen LogP contribution in [0.25, 0.3) is 16.6 Å². The van der Waals surface area contributed by atoms with E-state index in [4.69, 9.17) is 15.2 Å². The number of para-hydroxylation sites is 1. The molecule has 280 valence electrons. The molecule has 0 unspecified atom stereocenters. The number of aromatic amines is 1. The number of ether oxygens (including phenoxy) is 2. The summed E-state index contributed by atoms with van der Waals surface area (Å²) in [6, 6.07) is 11.1. The molecule has 5 aromatic rings. The third-order valence-corrected chi connectivity index (χ3v) is 12.0. The van der Waals surface area contributed by atoms with Crippen molar-refractivity contribution in [3.63, 3.8) is 0 Å². The molecule has 53 heavy (non-hydrogen) atoms. The van der Waals surface area contributed by atoms with Crippen LogP contribution in [0.3, 0.4) is 0 Å². The standard InChI is InChI=1S/C38H43F2N7O5S/c1-22(2)45-12-8-25(9-13-45)51-34-18-24-17-31(44-30(24)19-32(34)46-14-10-26(11-15-46)53(4,49)50)36(48)27-20-43-47(38(27)41)33-21-42-35(16-23(33)3)52-37-28(39)6-5-7-29(37)40/h5-7,16-22,25-26,44H,8-15,41H2,1-4H3. The van der Waals surface area contributed by atoms with Crippen LogP contribution in [-0.4, -0.2) is 88.7 Å². The Kier molecular flexibility index (Phi) is 9.89. The molecule has 0 saturated carbocycles. The number of carbonyl (C=O) groups excluding carboxylic acids is 1. The van der Waals surface area contributed by atoms with Gasteiger partial charge in [-0.15, -0.1) is 0 Å². The number of carbonyl (C=O) groups is 1. The quantitative estimate of drug-likeness (QED) is 0.158. The molecule has 0 amide bonds. The highest BCUT2D eigenvalue weighted by Crippen LogP contribution is 2.38. The number of hydrogen-bond acceptors (Lipinski definition) is 10. The smallest absolute Gasteiger partial charge is 0.219 e. The van der Waals surface area contributed by atoms with Crippen LogP contribution in [0.5, 0.6) is 17.4 Å². The van der Waals surface area contributed by atoms with E-state index >= 15 is 0 Å². The maximum absolute atomic E-state index is 14.1. The molecule has 2 saturated heterocycles. The molecule has 0 aliphatic carbocycles. The number of hydrogen-bond donors (Lipinski definition) is 2. The van der Waals surface area contributed by atoms with Crippen molar-refractivity contribution < 1.29 is 31.5 Å². The number of aryl methyl sites for hydroxylation is 1. The molecule has 0 bridgehead atoms. The Morgan fingerprint density at radius 2 is 1.68 bits per heavy atom. The van der Waals surface area contributed by atoms with Crippen molar-refractivity contribution in [3.8, 4) is 23.1 Å². The number of nitrogens with one attached hydrogen (secondary N) is 1. The maximum atomic E-state index is 14.1. The van der Waals surface area contributed by atoms with Gasteiger partial charge in [0, 0.05) is 55.4 Å². The van der Waals surface area contributed by atoms with Crippen molar-refractivity contribution in [2.24, 2.45) is 0 Å². The summed E-state index contributed by atoms with van der Waals surface area (Å²) in [4.78, 5) is 26.0. The Balaban J connectivity index is 1.15. The van der Waals surface area contributed by atoms with Gasteiger partial charge in [-0.3, -0.25) is 4.79 Å². The molecule has 3 N–H and O–H groups in total. The summed E-state index contributed by atoms with van der Waals surface area (Å²) in [5.41, 5.74) is 9.58. The van der Waals surface area contributed by atoms with Crippen LogP contribution in [0.15, 0.2) is 54.9 Å². The minimum atomic E-state index is -3.14. The Morgan fingerprint density at radius 3 is 2.32 bits per heavy atom. The van der Waals surface area contributed by atoms with Crippen molar-refractivity contribution in [2.75, 3.05) is 43.1 Å². The van der Waals surface area contributed by atoms with Gasteiger partial charge in [-0.25, -0.2) is 26.9 Å². The van der Waals surface area contributed by atoms with Gasteiger partial charge in [-0.2, -0.15) is 5.10 Å². The fourth-order valence-corrected chi connectivity index (χ4v) is 8.25. The Labute approximate surface area is 306 Å². The first-order valence-electron chi connectivity index (χ1n) is 17.7. The number of H-pyrrole nitrogens is 1. The summed E-state index contributed by atoms with van der Waals surface area (Å²) < 4.78 is 66.3. The zero-order valence-electron chi connectivity index (χ0n) is 30.1. The predicted molar refractivity (Wildman–Crippen MR) is 199 cm³/mol. The van der Waals surface area contributed by atoms with E-state index in [2.05, 4.69) is 38.7 Å². The highest BCUT2D eigenvalue weighted by Gasteiger charge is 2.30. The molecule has 2 aliphatic heterocycles. The van der Waals surface area contributed by atoms with E-state index in [1.54, 1.807) is 13.0 Å². The average molecular weight is 748 g/mol. The fraction of sp³-hybridized carbons (Fsp3) is 0.395. The minimum Gasteiger partial charge on any atom is -0.488 e. The zero-order valence-corrected chi connectivity index (χ0v) is 30.9. The molecule has 0 radical (unpaired) electrons. The van der Waals surface area contributed by atoms with Crippen LogP contribution in [0.4, 0.5) is 20.3 Å². The van der Waals surface area contributed by atoms with Crippen LogP contribution in [-0.2, 0) is 9.84 Å². The number of rotatable bonds is 10. The van der Waals surface area contributed by atoms with Gasteiger partial charge in [0.25, 0.3) is 0 Å². The zero-order chi connectivity index (χ0) is 37.6. The van der Waals surface area contributed by atoms with Crippen molar-refractivity contribution in [3.05, 3.63) is 83.3 Å². The number of piperidine rings is 2. The lowest BCUT2D eigenvalue weighted by Gasteiger charge is -2.37. The number of fused-ring (bicyclic) bond motifs is 1. The van der Waals surface area contributed by atoms with Crippen LogP contribution in [0.1, 0.15) is 61.1 Å². The number of likely N-dealkylation sites (tertiary alicyclic amines) is 1. The third kappa shape index (κ3) is 7.45. The SMILES string of the molecule is Cc1cc(Oc2c(F)cccc2F)ncc1-n1ncc(C(=O)c2cc3cc(OC4CCN(C(C)C)CC4)c(N4CCC(S(C)(=O)=O)CC4)cc3[nH]2)c1N. The van der Waals surface area contributed by atoms with Crippen molar-refractivity contribution in [1.82, 2.24) is 24.6 Å². The molecular formula is C38H43F2N7O5S. The lowest BCUT2D eigenvalue weighted by Crippen LogP contribution is -2.42. The number of ketones is 1.